The van der Waals surface area contributed by atoms with Gasteiger partial charge >= 0.3 is 11.9 Å². The quantitative estimate of drug-likeness (QED) is 0.444. The van der Waals surface area contributed by atoms with Gasteiger partial charge in [0.05, 0.1) is 11.5 Å². The van der Waals surface area contributed by atoms with E-state index in [9.17, 15) is 19.2 Å². The number of amides is 2. The van der Waals surface area contributed by atoms with Crippen LogP contribution in [0, 0.1) is 6.92 Å². The third kappa shape index (κ3) is 6.50. The highest BCUT2D eigenvalue weighted by Gasteiger charge is 2.23. The van der Waals surface area contributed by atoms with Crippen molar-refractivity contribution in [2.75, 3.05) is 25.1 Å². The fourth-order valence-corrected chi connectivity index (χ4v) is 4.60. The molecule has 0 saturated heterocycles. The van der Waals surface area contributed by atoms with Crippen LogP contribution in [0.3, 0.4) is 0 Å². The fraction of sp³-hybridized carbons (Fsp3) is 0.217. The second kappa shape index (κ2) is 11.4. The lowest BCUT2D eigenvalue weighted by molar-refractivity contribution is -0.146. The Kier molecular flexibility index (Phi) is 8.34. The summed E-state index contributed by atoms with van der Waals surface area (Å²) < 4.78 is 10.1. The number of esters is 2. The minimum absolute atomic E-state index is 0.185. The summed E-state index contributed by atoms with van der Waals surface area (Å²) in [4.78, 5) is 50.2. The van der Waals surface area contributed by atoms with Crippen LogP contribution in [-0.2, 0) is 19.1 Å². The van der Waals surface area contributed by atoms with E-state index in [0.29, 0.717) is 15.4 Å². The zero-order valence-electron chi connectivity index (χ0n) is 18.0. The van der Waals surface area contributed by atoms with Crippen LogP contribution in [0.15, 0.2) is 47.8 Å². The third-order valence-electron chi connectivity index (χ3n) is 4.33. The van der Waals surface area contributed by atoms with Crippen molar-refractivity contribution in [3.05, 3.63) is 63.2 Å². The Balaban J connectivity index is 1.58. The molecule has 33 heavy (non-hydrogen) atoms. The van der Waals surface area contributed by atoms with Crippen molar-refractivity contribution in [3.8, 4) is 11.1 Å². The normalized spacial score (nSPS) is 10.4. The Labute approximate surface area is 198 Å². The smallest absolute Gasteiger partial charge is 0.341 e. The van der Waals surface area contributed by atoms with Gasteiger partial charge in [0, 0.05) is 15.8 Å². The second-order valence-electron chi connectivity index (χ2n) is 6.74. The van der Waals surface area contributed by atoms with Crippen molar-refractivity contribution < 1.29 is 28.7 Å². The van der Waals surface area contributed by atoms with Crippen molar-refractivity contribution in [3.63, 3.8) is 0 Å². The molecule has 172 valence electrons. The maximum Gasteiger partial charge on any atom is 0.341 e. The van der Waals surface area contributed by atoms with Crippen LogP contribution in [-0.4, -0.2) is 43.5 Å². The van der Waals surface area contributed by atoms with Gasteiger partial charge in [-0.15, -0.1) is 22.7 Å². The number of rotatable bonds is 9. The molecule has 0 fully saturated rings. The summed E-state index contributed by atoms with van der Waals surface area (Å²) in [6.07, 6.45) is 0. The highest BCUT2D eigenvalue weighted by Crippen LogP contribution is 2.36. The van der Waals surface area contributed by atoms with E-state index in [4.69, 9.17) is 9.47 Å². The first-order valence-corrected chi connectivity index (χ1v) is 11.7. The molecule has 2 N–H and O–H groups in total. The number of carbonyl (C=O) groups is 4. The average molecular weight is 487 g/mol. The molecule has 0 spiro atoms. The van der Waals surface area contributed by atoms with E-state index in [1.54, 1.807) is 24.4 Å². The molecule has 0 aliphatic heterocycles. The lowest BCUT2D eigenvalue weighted by atomic mass is 10.0. The molecule has 0 unspecified atom stereocenters. The van der Waals surface area contributed by atoms with Crippen LogP contribution in [0.25, 0.3) is 11.1 Å². The van der Waals surface area contributed by atoms with Crippen molar-refractivity contribution in [1.82, 2.24) is 5.32 Å². The molecule has 0 aliphatic rings. The number of nitrogens with one attached hydrogen (secondary N) is 2. The van der Waals surface area contributed by atoms with Crippen molar-refractivity contribution >= 4 is 51.4 Å². The van der Waals surface area contributed by atoms with E-state index < -0.39 is 24.5 Å². The topological polar surface area (TPSA) is 111 Å². The number of aryl methyl sites for hydroxylation is 1. The average Bonchev–Trinajstić information content (AvgIpc) is 3.43. The first-order chi connectivity index (χ1) is 15.9. The first-order valence-electron chi connectivity index (χ1n) is 10.0. The highest BCUT2D eigenvalue weighted by atomic mass is 32.1. The van der Waals surface area contributed by atoms with Crippen LogP contribution >= 0.6 is 22.7 Å². The van der Waals surface area contributed by atoms with E-state index in [1.165, 1.54) is 22.7 Å². The van der Waals surface area contributed by atoms with Gasteiger partial charge in [-0.05, 0) is 31.5 Å². The second-order valence-corrected chi connectivity index (χ2v) is 8.91. The Bertz CT molecular complexity index is 1150. The van der Waals surface area contributed by atoms with Gasteiger partial charge in [-0.25, -0.2) is 4.79 Å². The molecule has 2 heterocycles. The number of ether oxygens (including phenoxy) is 2. The number of benzene rings is 1. The van der Waals surface area contributed by atoms with Crippen LogP contribution in [0.1, 0.15) is 31.8 Å². The maximum absolute atomic E-state index is 12.5. The summed E-state index contributed by atoms with van der Waals surface area (Å²) in [6, 6.07) is 12.7. The van der Waals surface area contributed by atoms with Gasteiger partial charge in [0.25, 0.3) is 11.8 Å². The molecule has 2 aromatic heterocycles. The molecule has 0 saturated carbocycles. The van der Waals surface area contributed by atoms with E-state index in [0.717, 1.165) is 10.4 Å². The molecule has 0 atom stereocenters. The van der Waals surface area contributed by atoms with Gasteiger partial charge in [0.15, 0.2) is 6.61 Å². The zero-order chi connectivity index (χ0) is 23.8. The molecule has 1 aromatic carbocycles. The summed E-state index contributed by atoms with van der Waals surface area (Å²) in [5, 5.41) is 7.11. The summed E-state index contributed by atoms with van der Waals surface area (Å²) in [5.74, 6) is -2.32. The SMILES string of the molecule is CCOC(=O)c1c(-c2ccccc2)csc1NC(=O)COC(=O)CNC(=O)c1ccc(C)s1. The van der Waals surface area contributed by atoms with Crippen LogP contribution in [0.4, 0.5) is 5.00 Å². The van der Waals surface area contributed by atoms with Gasteiger partial charge in [0.1, 0.15) is 17.1 Å². The molecule has 0 radical (unpaired) electrons. The van der Waals surface area contributed by atoms with E-state index in [-0.39, 0.29) is 24.6 Å². The van der Waals surface area contributed by atoms with Crippen LogP contribution in [0.2, 0.25) is 0 Å². The molecule has 3 rings (SSSR count). The number of anilines is 1. The first kappa shape index (κ1) is 24.1. The Morgan fingerprint density at radius 3 is 2.42 bits per heavy atom. The summed E-state index contributed by atoms with van der Waals surface area (Å²) in [5.41, 5.74) is 1.68. The standard InChI is InChI=1S/C23H22N2O6S2/c1-3-30-23(29)20-16(15-7-5-4-6-8-15)13-32-22(20)25-18(26)12-31-19(27)11-24-21(28)17-10-9-14(2)33-17/h4-10,13H,3,11-12H2,1-2H3,(H,24,28)(H,25,26). The van der Waals surface area contributed by atoms with Crippen molar-refractivity contribution in [2.24, 2.45) is 0 Å². The van der Waals surface area contributed by atoms with Gasteiger partial charge in [-0.1, -0.05) is 30.3 Å². The predicted octanol–water partition coefficient (Wildman–Crippen LogP) is 3.87. The monoisotopic (exact) mass is 486 g/mol. The largest absolute Gasteiger partial charge is 0.462 e. The summed E-state index contributed by atoms with van der Waals surface area (Å²) >= 11 is 2.48. The lowest BCUT2D eigenvalue weighted by Crippen LogP contribution is -2.31. The molecular weight excluding hydrogens is 464 g/mol. The number of carbonyl (C=O) groups excluding carboxylic acids is 4. The van der Waals surface area contributed by atoms with Crippen molar-refractivity contribution in [1.29, 1.82) is 0 Å². The predicted molar refractivity (Wildman–Crippen MR) is 127 cm³/mol. The minimum atomic E-state index is -0.756. The molecule has 10 heteroatoms. The number of thiophene rings is 2. The van der Waals surface area contributed by atoms with E-state index >= 15 is 0 Å². The highest BCUT2D eigenvalue weighted by molar-refractivity contribution is 7.15. The molecular formula is C23H22N2O6S2. The fourth-order valence-electron chi connectivity index (χ4n) is 2.84. The third-order valence-corrected chi connectivity index (χ3v) is 6.22. The van der Waals surface area contributed by atoms with Gasteiger partial charge in [0.2, 0.25) is 0 Å². The van der Waals surface area contributed by atoms with Crippen molar-refractivity contribution in [2.45, 2.75) is 13.8 Å². The number of hydrogen-bond donors (Lipinski definition) is 2. The Morgan fingerprint density at radius 1 is 1.00 bits per heavy atom. The Hall–Kier alpha value is -3.50. The number of hydrogen-bond acceptors (Lipinski definition) is 8. The van der Waals surface area contributed by atoms with E-state index in [2.05, 4.69) is 10.6 Å². The van der Waals surface area contributed by atoms with Crippen LogP contribution < -0.4 is 10.6 Å². The zero-order valence-corrected chi connectivity index (χ0v) is 19.6. The van der Waals surface area contributed by atoms with Gasteiger partial charge in [-0.3, -0.25) is 14.4 Å². The molecule has 8 nitrogen and oxygen atoms in total. The minimum Gasteiger partial charge on any atom is -0.462 e. The summed E-state index contributed by atoms with van der Waals surface area (Å²) in [7, 11) is 0. The molecule has 0 bridgehead atoms. The lowest BCUT2D eigenvalue weighted by Gasteiger charge is -2.09. The van der Waals surface area contributed by atoms with Gasteiger partial charge < -0.3 is 20.1 Å². The maximum atomic E-state index is 12.5. The molecule has 2 amide bonds. The summed E-state index contributed by atoms with van der Waals surface area (Å²) in [6.45, 7) is 2.83. The molecule has 3 aromatic rings. The Morgan fingerprint density at radius 2 is 1.76 bits per heavy atom. The van der Waals surface area contributed by atoms with Crippen LogP contribution in [0.5, 0.6) is 0 Å². The van der Waals surface area contributed by atoms with E-state index in [1.807, 2.05) is 37.3 Å². The molecule has 0 aliphatic carbocycles. The van der Waals surface area contributed by atoms with Gasteiger partial charge in [-0.2, -0.15) is 0 Å².